The van der Waals surface area contributed by atoms with E-state index >= 15 is 0 Å². The molecule has 1 aliphatic rings. The zero-order chi connectivity index (χ0) is 22.9. The normalized spacial score (nSPS) is 18.2. The number of halogens is 1. The summed E-state index contributed by atoms with van der Waals surface area (Å²) in [5.74, 6) is 3.14. The van der Waals surface area contributed by atoms with Gasteiger partial charge in [0.2, 0.25) is 0 Å². The summed E-state index contributed by atoms with van der Waals surface area (Å²) in [4.78, 5) is 15.0. The van der Waals surface area contributed by atoms with Crippen LogP contribution < -0.4 is 5.32 Å². The Morgan fingerprint density at radius 3 is 2.53 bits per heavy atom. The Bertz CT molecular complexity index is 928. The maximum absolute atomic E-state index is 13.1. The summed E-state index contributed by atoms with van der Waals surface area (Å²) < 4.78 is 0. The third-order valence-electron chi connectivity index (χ3n) is 6.39. The lowest BCUT2D eigenvalue weighted by Gasteiger charge is -2.37. The Hall–Kier alpha value is -2.32. The van der Waals surface area contributed by atoms with Gasteiger partial charge in [0, 0.05) is 29.8 Å². The second kappa shape index (κ2) is 12.1. The number of nitrogens with zero attached hydrogens (tertiary/aromatic N) is 1. The molecule has 2 N–H and O–H groups in total. The fourth-order valence-electron chi connectivity index (χ4n) is 4.76. The van der Waals surface area contributed by atoms with Crippen molar-refractivity contribution in [1.82, 2.24) is 10.2 Å². The van der Waals surface area contributed by atoms with E-state index < -0.39 is 0 Å². The molecule has 0 unspecified atom stereocenters. The van der Waals surface area contributed by atoms with E-state index in [2.05, 4.69) is 29.4 Å². The number of carbonyl (C=O) groups excluding carboxylic acids is 1. The van der Waals surface area contributed by atoms with Gasteiger partial charge in [-0.2, -0.15) is 0 Å². The summed E-state index contributed by atoms with van der Waals surface area (Å²) >= 11 is 5.98. The van der Waals surface area contributed by atoms with Gasteiger partial charge in [-0.3, -0.25) is 4.79 Å². The number of hydrogen-bond acceptors (Lipinski definition) is 3. The van der Waals surface area contributed by atoms with E-state index in [0.717, 1.165) is 45.1 Å². The van der Waals surface area contributed by atoms with Crippen LogP contribution in [0, 0.1) is 12.3 Å². The van der Waals surface area contributed by atoms with E-state index in [-0.39, 0.29) is 18.6 Å². The first-order valence-electron chi connectivity index (χ1n) is 11.4. The van der Waals surface area contributed by atoms with Crippen LogP contribution in [-0.2, 0) is 13.0 Å². The number of benzene rings is 2. The molecular formula is C27H33ClN2O2. The third-order valence-corrected chi connectivity index (χ3v) is 6.64. The van der Waals surface area contributed by atoms with Gasteiger partial charge in [0.15, 0.2) is 0 Å². The highest BCUT2D eigenvalue weighted by atomic mass is 35.5. The van der Waals surface area contributed by atoms with Gasteiger partial charge < -0.3 is 15.3 Å². The molecular weight excluding hydrogens is 420 g/mol. The minimum Gasteiger partial charge on any atom is -0.396 e. The van der Waals surface area contributed by atoms with Crippen LogP contribution >= 0.6 is 11.6 Å². The van der Waals surface area contributed by atoms with Crippen LogP contribution in [0.25, 0.3) is 0 Å². The first-order valence-corrected chi connectivity index (χ1v) is 11.8. The van der Waals surface area contributed by atoms with E-state index in [9.17, 15) is 4.79 Å². The largest absolute Gasteiger partial charge is 0.396 e. The number of aliphatic hydroxyl groups is 1. The van der Waals surface area contributed by atoms with Crippen molar-refractivity contribution in [3.8, 4) is 12.3 Å². The topological polar surface area (TPSA) is 52.6 Å². The average molecular weight is 453 g/mol. The number of nitrogens with one attached hydrogen (secondary N) is 1. The predicted molar refractivity (Wildman–Crippen MR) is 131 cm³/mol. The van der Waals surface area contributed by atoms with Crippen LogP contribution in [0.1, 0.15) is 65.1 Å². The van der Waals surface area contributed by atoms with Gasteiger partial charge in [-0.05, 0) is 92.4 Å². The fraction of sp³-hybridized carbons (Fsp3) is 0.444. The molecule has 1 aliphatic carbocycles. The monoisotopic (exact) mass is 452 g/mol. The number of amides is 1. The summed E-state index contributed by atoms with van der Waals surface area (Å²) in [6.45, 7) is 1.37. The van der Waals surface area contributed by atoms with Gasteiger partial charge in [0.05, 0.1) is 6.54 Å². The molecule has 170 valence electrons. The van der Waals surface area contributed by atoms with Gasteiger partial charge in [0.25, 0.3) is 5.91 Å². The first-order chi connectivity index (χ1) is 15.6. The Labute approximate surface area is 197 Å². The van der Waals surface area contributed by atoms with E-state index in [1.807, 2.05) is 11.9 Å². The van der Waals surface area contributed by atoms with E-state index in [1.165, 1.54) is 16.7 Å². The molecule has 1 saturated carbocycles. The molecule has 0 spiro atoms. The summed E-state index contributed by atoms with van der Waals surface area (Å²) in [5.41, 5.74) is 4.64. The molecule has 32 heavy (non-hydrogen) atoms. The summed E-state index contributed by atoms with van der Waals surface area (Å²) in [6, 6.07) is 13.9. The summed E-state index contributed by atoms with van der Waals surface area (Å²) in [6.07, 6.45) is 11.2. The smallest absolute Gasteiger partial charge is 0.254 e. The van der Waals surface area contributed by atoms with Crippen LogP contribution in [0.2, 0.25) is 5.02 Å². The summed E-state index contributed by atoms with van der Waals surface area (Å²) in [5, 5.41) is 13.0. The zero-order valence-electron chi connectivity index (χ0n) is 18.8. The number of aliphatic hydroxyl groups excluding tert-OH is 1. The van der Waals surface area contributed by atoms with Crippen LogP contribution in [0.4, 0.5) is 0 Å². The molecule has 2 aromatic carbocycles. The Kier molecular flexibility index (Phi) is 9.17. The highest BCUT2D eigenvalue weighted by molar-refractivity contribution is 6.30. The Balaban J connectivity index is 1.70. The molecule has 3 rings (SSSR count). The number of rotatable bonds is 9. The molecule has 1 amide bonds. The highest BCUT2D eigenvalue weighted by Gasteiger charge is 2.30. The van der Waals surface area contributed by atoms with E-state index in [0.29, 0.717) is 23.0 Å². The van der Waals surface area contributed by atoms with Crippen LogP contribution in [0.5, 0.6) is 0 Å². The lowest BCUT2D eigenvalue weighted by Crippen LogP contribution is -2.42. The quantitative estimate of drug-likeness (QED) is 0.538. The lowest BCUT2D eigenvalue weighted by atomic mass is 9.79. The minimum atomic E-state index is -0.0211. The molecule has 0 bridgehead atoms. The average Bonchev–Trinajstić information content (AvgIpc) is 2.82. The first kappa shape index (κ1) is 24.3. The molecule has 2 aromatic rings. The molecule has 0 radical (unpaired) electrons. The fourth-order valence-corrected chi connectivity index (χ4v) is 4.89. The van der Waals surface area contributed by atoms with Crippen molar-refractivity contribution in [2.75, 3.05) is 20.2 Å². The molecule has 0 saturated heterocycles. The molecule has 0 aromatic heterocycles. The molecule has 5 heteroatoms. The Morgan fingerprint density at radius 2 is 1.91 bits per heavy atom. The Morgan fingerprint density at radius 1 is 1.19 bits per heavy atom. The van der Waals surface area contributed by atoms with Gasteiger partial charge in [0.1, 0.15) is 0 Å². The van der Waals surface area contributed by atoms with Crippen molar-refractivity contribution in [2.24, 2.45) is 0 Å². The standard InChI is InChI=1S/C27H33ClN2O2/c1-3-16-30(27(32)22-7-11-24(28)12-8-22)25-13-9-21(10-14-25)26-15-6-20(5-4-17-31)18-23(26)19-29-2/h1,6-8,11-12,15,18,21,25,29,31H,4-5,9-10,13-14,16-17,19H2,2H3/t21-,25-. The van der Waals surface area contributed by atoms with Gasteiger partial charge in [-0.25, -0.2) is 0 Å². The van der Waals surface area contributed by atoms with Crippen LogP contribution in [0.3, 0.4) is 0 Å². The lowest BCUT2D eigenvalue weighted by molar-refractivity contribution is 0.0660. The second-order valence-electron chi connectivity index (χ2n) is 8.54. The number of terminal acetylenes is 1. The van der Waals surface area contributed by atoms with Crippen LogP contribution in [-0.4, -0.2) is 42.2 Å². The molecule has 1 fully saturated rings. The number of hydrogen-bond donors (Lipinski definition) is 2. The number of aryl methyl sites for hydroxylation is 1. The van der Waals surface area contributed by atoms with Gasteiger partial charge in [-0.1, -0.05) is 35.7 Å². The maximum atomic E-state index is 13.1. The molecule has 0 heterocycles. The van der Waals surface area contributed by atoms with Crippen molar-refractivity contribution < 1.29 is 9.90 Å². The van der Waals surface area contributed by atoms with Crippen molar-refractivity contribution in [3.63, 3.8) is 0 Å². The van der Waals surface area contributed by atoms with Gasteiger partial charge >= 0.3 is 0 Å². The second-order valence-corrected chi connectivity index (χ2v) is 8.98. The molecule has 4 nitrogen and oxygen atoms in total. The maximum Gasteiger partial charge on any atom is 0.254 e. The zero-order valence-corrected chi connectivity index (χ0v) is 19.6. The third kappa shape index (κ3) is 6.13. The summed E-state index contributed by atoms with van der Waals surface area (Å²) in [7, 11) is 1.97. The van der Waals surface area contributed by atoms with Crippen LogP contribution in [0.15, 0.2) is 42.5 Å². The SMILES string of the molecule is C#CCN(C(=O)c1ccc(Cl)cc1)[C@H]1CC[C@H](c2ccc(CCCO)cc2CNC)CC1. The van der Waals surface area contributed by atoms with E-state index in [1.54, 1.807) is 24.3 Å². The van der Waals surface area contributed by atoms with Gasteiger partial charge in [-0.15, -0.1) is 6.42 Å². The van der Waals surface area contributed by atoms with Crippen molar-refractivity contribution in [3.05, 3.63) is 69.7 Å². The van der Waals surface area contributed by atoms with Crippen molar-refractivity contribution in [2.45, 2.75) is 57.0 Å². The number of carbonyl (C=O) groups is 1. The highest BCUT2D eigenvalue weighted by Crippen LogP contribution is 2.37. The minimum absolute atomic E-state index is 0.0211. The molecule has 0 aliphatic heterocycles. The van der Waals surface area contributed by atoms with Crippen molar-refractivity contribution >= 4 is 17.5 Å². The van der Waals surface area contributed by atoms with E-state index in [4.69, 9.17) is 23.1 Å². The molecule has 0 atom stereocenters. The van der Waals surface area contributed by atoms with Crippen molar-refractivity contribution in [1.29, 1.82) is 0 Å². The predicted octanol–water partition coefficient (Wildman–Crippen LogP) is 4.79.